The van der Waals surface area contributed by atoms with Crippen LogP contribution in [0.2, 0.25) is 0 Å². The van der Waals surface area contributed by atoms with E-state index in [2.05, 4.69) is 13.8 Å². The van der Waals surface area contributed by atoms with E-state index in [1.54, 1.807) is 6.08 Å². The van der Waals surface area contributed by atoms with Crippen molar-refractivity contribution in [1.29, 1.82) is 0 Å². The summed E-state index contributed by atoms with van der Waals surface area (Å²) in [5, 5.41) is 19.0. The molecule has 0 aliphatic heterocycles. The third-order valence-corrected chi connectivity index (χ3v) is 4.23. The summed E-state index contributed by atoms with van der Waals surface area (Å²) in [7, 11) is 0. The van der Waals surface area contributed by atoms with Crippen molar-refractivity contribution in [3.05, 3.63) is 52.6 Å². The highest BCUT2D eigenvalue weighted by molar-refractivity contribution is 5.80. The molecular weight excluding hydrogens is 264 g/mol. The molecule has 2 N–H and O–H groups in total. The van der Waals surface area contributed by atoms with Crippen LogP contribution < -0.4 is 0 Å². The van der Waals surface area contributed by atoms with Crippen molar-refractivity contribution in [1.82, 2.24) is 0 Å². The molecule has 112 valence electrons. The van der Waals surface area contributed by atoms with Crippen LogP contribution in [0.5, 0.6) is 0 Å². The second-order valence-corrected chi connectivity index (χ2v) is 5.91. The molecule has 3 atom stereocenters. The highest BCUT2D eigenvalue weighted by Gasteiger charge is 2.30. The third kappa shape index (κ3) is 3.24. The molecule has 3 unspecified atom stereocenters. The molecule has 0 fully saturated rings. The van der Waals surface area contributed by atoms with E-state index in [0.717, 1.165) is 29.2 Å². The molecule has 3 nitrogen and oxygen atoms in total. The SMILES string of the molecule is Cc1ccc2c(c1C=CC=CC(=O)O)C(C)CC(C)C2O. The molecule has 1 aliphatic carbocycles. The summed E-state index contributed by atoms with van der Waals surface area (Å²) in [5.74, 6) is -0.301. The second kappa shape index (κ2) is 6.27. The zero-order valence-electron chi connectivity index (χ0n) is 12.7. The molecular formula is C18H22O3. The molecule has 21 heavy (non-hydrogen) atoms. The Balaban J connectivity index is 2.45. The number of aliphatic carboxylic acids is 1. The largest absolute Gasteiger partial charge is 0.478 e. The van der Waals surface area contributed by atoms with Gasteiger partial charge in [-0.3, -0.25) is 0 Å². The van der Waals surface area contributed by atoms with Gasteiger partial charge in [-0.25, -0.2) is 4.79 Å². The zero-order valence-corrected chi connectivity index (χ0v) is 12.7. The first-order valence-corrected chi connectivity index (χ1v) is 7.31. The van der Waals surface area contributed by atoms with Gasteiger partial charge in [-0.05, 0) is 47.4 Å². The van der Waals surface area contributed by atoms with E-state index in [1.807, 2.05) is 25.1 Å². The summed E-state index contributed by atoms with van der Waals surface area (Å²) in [5.41, 5.74) is 4.44. The van der Waals surface area contributed by atoms with E-state index in [-0.39, 0.29) is 5.92 Å². The van der Waals surface area contributed by atoms with E-state index in [1.165, 1.54) is 11.6 Å². The van der Waals surface area contributed by atoms with Crippen LogP contribution in [0.3, 0.4) is 0 Å². The van der Waals surface area contributed by atoms with E-state index < -0.39 is 12.1 Å². The number of hydrogen-bond donors (Lipinski definition) is 2. The lowest BCUT2D eigenvalue weighted by atomic mass is 9.74. The Hall–Kier alpha value is -1.87. The van der Waals surface area contributed by atoms with Crippen molar-refractivity contribution in [2.24, 2.45) is 5.92 Å². The molecule has 1 aromatic carbocycles. The molecule has 1 aromatic rings. The van der Waals surface area contributed by atoms with Crippen LogP contribution in [0.1, 0.15) is 54.5 Å². The highest BCUT2D eigenvalue weighted by atomic mass is 16.4. The third-order valence-electron chi connectivity index (χ3n) is 4.23. The van der Waals surface area contributed by atoms with Crippen LogP contribution in [0, 0.1) is 12.8 Å². The number of rotatable bonds is 3. The molecule has 0 saturated carbocycles. The van der Waals surface area contributed by atoms with Crippen molar-refractivity contribution in [2.45, 2.75) is 39.2 Å². The number of carboxylic acids is 1. The molecule has 0 saturated heterocycles. The number of allylic oxidation sites excluding steroid dienone is 2. The van der Waals surface area contributed by atoms with E-state index in [0.29, 0.717) is 5.92 Å². The summed E-state index contributed by atoms with van der Waals surface area (Å²) >= 11 is 0. The normalized spacial score (nSPS) is 25.4. The maximum absolute atomic E-state index is 10.5. The Morgan fingerprint density at radius 3 is 2.67 bits per heavy atom. The fourth-order valence-corrected chi connectivity index (χ4v) is 3.19. The van der Waals surface area contributed by atoms with E-state index >= 15 is 0 Å². The van der Waals surface area contributed by atoms with Crippen molar-refractivity contribution >= 4 is 12.0 Å². The van der Waals surface area contributed by atoms with Crippen molar-refractivity contribution < 1.29 is 15.0 Å². The standard InChI is InChI=1S/C18H22O3/c1-11-8-9-15-17(12(2)10-13(3)18(15)21)14(11)6-4-5-7-16(19)20/h4-9,12-13,18,21H,10H2,1-3H3,(H,19,20). The number of aryl methyl sites for hydroxylation is 1. The smallest absolute Gasteiger partial charge is 0.328 e. The van der Waals surface area contributed by atoms with Gasteiger partial charge in [-0.15, -0.1) is 0 Å². The van der Waals surface area contributed by atoms with E-state index in [9.17, 15) is 9.90 Å². The predicted octanol–water partition coefficient (Wildman–Crippen LogP) is 3.83. The van der Waals surface area contributed by atoms with Gasteiger partial charge in [-0.1, -0.05) is 44.2 Å². The van der Waals surface area contributed by atoms with Crippen LogP contribution in [0.25, 0.3) is 6.08 Å². The highest BCUT2D eigenvalue weighted by Crippen LogP contribution is 2.43. The Labute approximate surface area is 125 Å². The number of hydrogen-bond acceptors (Lipinski definition) is 2. The maximum atomic E-state index is 10.5. The van der Waals surface area contributed by atoms with Crippen LogP contribution in [-0.4, -0.2) is 16.2 Å². The minimum absolute atomic E-state index is 0.263. The van der Waals surface area contributed by atoms with Gasteiger partial charge in [0.2, 0.25) is 0 Å². The molecule has 0 heterocycles. The number of aliphatic hydroxyl groups excluding tert-OH is 1. The molecule has 0 spiro atoms. The average molecular weight is 286 g/mol. The van der Waals surface area contributed by atoms with Gasteiger partial charge >= 0.3 is 5.97 Å². The van der Waals surface area contributed by atoms with Gasteiger partial charge in [0.1, 0.15) is 0 Å². The maximum Gasteiger partial charge on any atom is 0.328 e. The molecule has 0 bridgehead atoms. The van der Waals surface area contributed by atoms with Crippen molar-refractivity contribution in [3.8, 4) is 0 Å². The number of fused-ring (bicyclic) bond motifs is 1. The number of aliphatic hydroxyl groups is 1. The lowest BCUT2D eigenvalue weighted by Crippen LogP contribution is -2.21. The summed E-state index contributed by atoms with van der Waals surface area (Å²) in [6, 6.07) is 4.04. The van der Waals surface area contributed by atoms with Crippen LogP contribution in [0.15, 0.2) is 30.4 Å². The Morgan fingerprint density at radius 2 is 2.00 bits per heavy atom. The minimum Gasteiger partial charge on any atom is -0.478 e. The quantitative estimate of drug-likeness (QED) is 0.656. The van der Waals surface area contributed by atoms with Crippen molar-refractivity contribution in [3.63, 3.8) is 0 Å². The Kier molecular flexibility index (Phi) is 4.63. The fourth-order valence-electron chi connectivity index (χ4n) is 3.19. The van der Waals surface area contributed by atoms with Gasteiger partial charge in [0, 0.05) is 6.08 Å². The van der Waals surface area contributed by atoms with Gasteiger partial charge in [0.15, 0.2) is 0 Å². The van der Waals surface area contributed by atoms with Crippen molar-refractivity contribution in [2.75, 3.05) is 0 Å². The second-order valence-electron chi connectivity index (χ2n) is 5.91. The van der Waals surface area contributed by atoms with Gasteiger partial charge in [-0.2, -0.15) is 0 Å². The lowest BCUT2D eigenvalue weighted by molar-refractivity contribution is -0.131. The molecule has 2 rings (SSSR count). The van der Waals surface area contributed by atoms with Crippen LogP contribution in [-0.2, 0) is 4.79 Å². The number of carboxylic acid groups (broad SMARTS) is 1. The average Bonchev–Trinajstić information content (AvgIpc) is 2.42. The van der Waals surface area contributed by atoms with Crippen LogP contribution >= 0.6 is 0 Å². The minimum atomic E-state index is -0.955. The summed E-state index contributed by atoms with van der Waals surface area (Å²) in [6.07, 6.45) is 6.86. The summed E-state index contributed by atoms with van der Waals surface area (Å²) in [6.45, 7) is 6.30. The van der Waals surface area contributed by atoms with Gasteiger partial charge in [0.25, 0.3) is 0 Å². The first-order chi connectivity index (χ1) is 9.91. The van der Waals surface area contributed by atoms with E-state index in [4.69, 9.17) is 5.11 Å². The number of benzene rings is 1. The topological polar surface area (TPSA) is 57.5 Å². The molecule has 0 amide bonds. The predicted molar refractivity (Wildman–Crippen MR) is 84.1 cm³/mol. The first kappa shape index (κ1) is 15.5. The first-order valence-electron chi connectivity index (χ1n) is 7.31. The number of carbonyl (C=O) groups is 1. The fraction of sp³-hybridized carbons (Fsp3) is 0.389. The molecule has 0 aromatic heterocycles. The van der Waals surface area contributed by atoms with Gasteiger partial charge in [0.05, 0.1) is 6.10 Å². The molecule has 0 radical (unpaired) electrons. The monoisotopic (exact) mass is 286 g/mol. The molecule has 1 aliphatic rings. The van der Waals surface area contributed by atoms with Crippen LogP contribution in [0.4, 0.5) is 0 Å². The summed E-state index contributed by atoms with van der Waals surface area (Å²) < 4.78 is 0. The molecule has 3 heteroatoms. The summed E-state index contributed by atoms with van der Waals surface area (Å²) in [4.78, 5) is 10.5. The zero-order chi connectivity index (χ0) is 15.6. The Morgan fingerprint density at radius 1 is 1.29 bits per heavy atom. The Bertz CT molecular complexity index is 599. The van der Waals surface area contributed by atoms with Gasteiger partial charge < -0.3 is 10.2 Å². The lowest BCUT2D eigenvalue weighted by Gasteiger charge is -2.33.